The molecule has 1 aliphatic rings. The van der Waals surface area contributed by atoms with E-state index in [9.17, 15) is 0 Å². The Balaban J connectivity index is 1.10. The molecule has 0 saturated heterocycles. The number of benzene rings is 7. The molecule has 6 nitrogen and oxygen atoms in total. The third-order valence-electron chi connectivity index (χ3n) is 9.84. The van der Waals surface area contributed by atoms with Crippen molar-refractivity contribution in [3.63, 3.8) is 0 Å². The second kappa shape index (κ2) is 10.7. The minimum Gasteiger partial charge on any atom is -0.456 e. The van der Waals surface area contributed by atoms with E-state index in [0.717, 1.165) is 83.4 Å². The number of ether oxygens (including phenoxy) is 1. The fourth-order valence-corrected chi connectivity index (χ4v) is 7.52. The van der Waals surface area contributed by atoms with E-state index < -0.39 is 0 Å². The van der Waals surface area contributed by atoms with Crippen molar-refractivity contribution in [1.29, 1.82) is 0 Å². The lowest BCUT2D eigenvalue weighted by molar-refractivity contribution is 0.476. The van der Waals surface area contributed by atoms with Crippen LogP contribution in [0.4, 0.5) is 0 Å². The zero-order valence-corrected chi connectivity index (χ0v) is 27.1. The van der Waals surface area contributed by atoms with E-state index in [4.69, 9.17) is 24.1 Å². The first-order valence-corrected chi connectivity index (χ1v) is 16.9. The maximum atomic E-state index is 6.45. The average molecular weight is 655 g/mol. The van der Waals surface area contributed by atoms with Gasteiger partial charge in [0, 0.05) is 38.2 Å². The molecular weight excluding hydrogens is 629 g/mol. The Morgan fingerprint density at radius 3 is 1.86 bits per heavy atom. The normalized spacial score (nSPS) is 12.1. The lowest BCUT2D eigenvalue weighted by atomic mass is 9.99. The molecule has 6 heteroatoms. The van der Waals surface area contributed by atoms with Gasteiger partial charge in [0.05, 0.1) is 16.7 Å². The number of hydrogen-bond donors (Lipinski definition) is 0. The average Bonchev–Trinajstić information content (AvgIpc) is 3.75. The smallest absolute Gasteiger partial charge is 0.164 e. The highest BCUT2D eigenvalue weighted by atomic mass is 16.5. The number of furan rings is 1. The minimum absolute atomic E-state index is 0.597. The van der Waals surface area contributed by atoms with Crippen LogP contribution in [0.5, 0.6) is 11.5 Å². The Labute approximate surface area is 291 Å². The molecule has 51 heavy (non-hydrogen) atoms. The fourth-order valence-electron chi connectivity index (χ4n) is 7.52. The van der Waals surface area contributed by atoms with Crippen molar-refractivity contribution in [1.82, 2.24) is 19.5 Å². The zero-order valence-electron chi connectivity index (χ0n) is 27.1. The number of rotatable bonds is 4. The van der Waals surface area contributed by atoms with Crippen molar-refractivity contribution in [2.24, 2.45) is 0 Å². The van der Waals surface area contributed by atoms with Crippen LogP contribution >= 0.6 is 0 Å². The highest BCUT2D eigenvalue weighted by Gasteiger charge is 2.24. The summed E-state index contributed by atoms with van der Waals surface area (Å²) in [6, 6.07) is 53.8. The van der Waals surface area contributed by atoms with Crippen LogP contribution in [0.2, 0.25) is 0 Å². The summed E-state index contributed by atoms with van der Waals surface area (Å²) < 4.78 is 15.1. The largest absolute Gasteiger partial charge is 0.456 e. The molecule has 0 amide bonds. The molecule has 0 aliphatic carbocycles. The Hall–Kier alpha value is -7.05. The van der Waals surface area contributed by atoms with Gasteiger partial charge in [-0.15, -0.1) is 0 Å². The van der Waals surface area contributed by atoms with Crippen LogP contribution < -0.4 is 4.74 Å². The van der Waals surface area contributed by atoms with Gasteiger partial charge in [0.2, 0.25) is 0 Å². The van der Waals surface area contributed by atoms with Crippen molar-refractivity contribution in [3.05, 3.63) is 158 Å². The number of aromatic nitrogens is 4. The molecule has 4 heterocycles. The predicted octanol–water partition coefficient (Wildman–Crippen LogP) is 11.6. The van der Waals surface area contributed by atoms with Crippen molar-refractivity contribution < 1.29 is 9.15 Å². The third kappa shape index (κ3) is 4.26. The standard InChI is InChI=1S/C45H26N4O2/c1-3-11-27(12-4-1)43-46-44(28-13-5-2-6-14-28)48-45(47-43)32-16-10-19-39-41(32)34-26-30(22-24-37(34)50-39)29-21-23-35-33(25-29)31-15-9-20-40-42(31)49(35)36-17-7-8-18-38(36)51-40/h1-26H. The van der Waals surface area contributed by atoms with E-state index >= 15 is 0 Å². The van der Waals surface area contributed by atoms with Gasteiger partial charge in [0.25, 0.3) is 0 Å². The van der Waals surface area contributed by atoms with Crippen LogP contribution in [0.3, 0.4) is 0 Å². The molecule has 3 aromatic heterocycles. The monoisotopic (exact) mass is 654 g/mol. The first kappa shape index (κ1) is 27.9. The SMILES string of the molecule is c1ccc(-c2nc(-c3ccccc3)nc(-c3cccc4oc5ccc(-c6ccc7c(c6)c6cccc8c6n7-c6ccccc6O8)cc5c34)n2)cc1. The van der Waals surface area contributed by atoms with Crippen molar-refractivity contribution >= 4 is 43.7 Å². The van der Waals surface area contributed by atoms with E-state index in [1.165, 1.54) is 5.39 Å². The molecule has 11 rings (SSSR count). The van der Waals surface area contributed by atoms with Gasteiger partial charge in [-0.1, -0.05) is 109 Å². The molecule has 0 saturated carbocycles. The van der Waals surface area contributed by atoms with E-state index in [-0.39, 0.29) is 0 Å². The summed E-state index contributed by atoms with van der Waals surface area (Å²) in [6.45, 7) is 0. The second-order valence-corrected chi connectivity index (χ2v) is 12.8. The molecule has 10 aromatic rings. The molecule has 0 N–H and O–H groups in total. The van der Waals surface area contributed by atoms with Crippen LogP contribution in [-0.4, -0.2) is 19.5 Å². The van der Waals surface area contributed by atoms with Crippen LogP contribution in [0.15, 0.2) is 162 Å². The number of hydrogen-bond acceptors (Lipinski definition) is 5. The van der Waals surface area contributed by atoms with Crippen molar-refractivity contribution in [2.75, 3.05) is 0 Å². The van der Waals surface area contributed by atoms with Gasteiger partial charge in [0.15, 0.2) is 29.0 Å². The lowest BCUT2D eigenvalue weighted by Crippen LogP contribution is -2.03. The molecule has 238 valence electrons. The van der Waals surface area contributed by atoms with E-state index in [1.807, 2.05) is 91.0 Å². The highest BCUT2D eigenvalue weighted by molar-refractivity contribution is 6.15. The van der Waals surface area contributed by atoms with Gasteiger partial charge in [-0.25, -0.2) is 15.0 Å². The van der Waals surface area contributed by atoms with Gasteiger partial charge in [0.1, 0.15) is 11.2 Å². The number of fused-ring (bicyclic) bond motifs is 8. The van der Waals surface area contributed by atoms with Crippen molar-refractivity contribution in [2.45, 2.75) is 0 Å². The summed E-state index contributed by atoms with van der Waals surface area (Å²) in [5.41, 5.74) is 9.84. The maximum Gasteiger partial charge on any atom is 0.164 e. The van der Waals surface area contributed by atoms with Gasteiger partial charge >= 0.3 is 0 Å². The first-order valence-electron chi connectivity index (χ1n) is 16.9. The second-order valence-electron chi connectivity index (χ2n) is 12.8. The summed E-state index contributed by atoms with van der Waals surface area (Å²) in [5.74, 6) is 3.57. The van der Waals surface area contributed by atoms with Crippen LogP contribution in [0.25, 0.3) is 94.7 Å². The summed E-state index contributed by atoms with van der Waals surface area (Å²) in [6.07, 6.45) is 0. The molecule has 0 radical (unpaired) electrons. The Kier molecular flexibility index (Phi) is 5.86. The number of nitrogens with zero attached hydrogens (tertiary/aromatic N) is 4. The summed E-state index contributed by atoms with van der Waals surface area (Å²) in [4.78, 5) is 15.0. The van der Waals surface area contributed by atoms with Crippen LogP contribution in [0.1, 0.15) is 0 Å². The summed E-state index contributed by atoms with van der Waals surface area (Å²) >= 11 is 0. The van der Waals surface area contributed by atoms with E-state index in [2.05, 4.69) is 71.3 Å². The Morgan fingerprint density at radius 1 is 0.431 bits per heavy atom. The molecule has 0 unspecified atom stereocenters. The number of para-hydroxylation sites is 3. The Morgan fingerprint density at radius 2 is 1.08 bits per heavy atom. The van der Waals surface area contributed by atoms with E-state index in [1.54, 1.807) is 0 Å². The topological polar surface area (TPSA) is 66.0 Å². The quantitative estimate of drug-likeness (QED) is 0.189. The fraction of sp³-hybridized carbons (Fsp3) is 0. The first-order chi connectivity index (χ1) is 25.3. The van der Waals surface area contributed by atoms with E-state index in [0.29, 0.717) is 17.5 Å². The molecule has 0 spiro atoms. The van der Waals surface area contributed by atoms with Crippen molar-refractivity contribution in [3.8, 4) is 62.5 Å². The van der Waals surface area contributed by atoms with Crippen LogP contribution in [0, 0.1) is 0 Å². The predicted molar refractivity (Wildman–Crippen MR) is 203 cm³/mol. The minimum atomic E-state index is 0.597. The molecule has 1 aliphatic heterocycles. The molecule has 0 fully saturated rings. The molecule has 0 atom stereocenters. The summed E-state index contributed by atoms with van der Waals surface area (Å²) in [7, 11) is 0. The maximum absolute atomic E-state index is 6.45. The third-order valence-corrected chi connectivity index (χ3v) is 9.84. The van der Waals surface area contributed by atoms with Gasteiger partial charge < -0.3 is 13.7 Å². The highest BCUT2D eigenvalue weighted by Crippen LogP contribution is 2.46. The van der Waals surface area contributed by atoms with Gasteiger partial charge in [-0.3, -0.25) is 0 Å². The van der Waals surface area contributed by atoms with Crippen LogP contribution in [-0.2, 0) is 0 Å². The van der Waals surface area contributed by atoms with Gasteiger partial charge in [-0.2, -0.15) is 0 Å². The zero-order chi connectivity index (χ0) is 33.5. The Bertz CT molecular complexity index is 2940. The summed E-state index contributed by atoms with van der Waals surface area (Å²) in [5, 5.41) is 4.32. The molecule has 7 aromatic carbocycles. The lowest BCUT2D eigenvalue weighted by Gasteiger charge is -2.20. The molecule has 0 bridgehead atoms. The van der Waals surface area contributed by atoms with Gasteiger partial charge in [-0.05, 0) is 59.7 Å². The molecular formula is C45H26N4O2.